The first-order chi connectivity index (χ1) is 9.30. The van der Waals surface area contributed by atoms with E-state index in [2.05, 4.69) is 0 Å². The van der Waals surface area contributed by atoms with Crippen molar-refractivity contribution in [2.45, 2.75) is 37.8 Å². The normalized spacial score (nSPS) is 13.9. The van der Waals surface area contributed by atoms with E-state index in [-0.39, 0.29) is 10.9 Å². The van der Waals surface area contributed by atoms with Crippen molar-refractivity contribution in [3.63, 3.8) is 0 Å². The molecule has 20 heavy (non-hydrogen) atoms. The largest absolute Gasteiger partial charge is 0.389 e. The van der Waals surface area contributed by atoms with Crippen molar-refractivity contribution in [3.05, 3.63) is 29.8 Å². The van der Waals surface area contributed by atoms with E-state index in [0.29, 0.717) is 18.7 Å². The third-order valence-electron chi connectivity index (χ3n) is 3.06. The van der Waals surface area contributed by atoms with E-state index in [4.69, 9.17) is 4.74 Å². The zero-order valence-corrected chi connectivity index (χ0v) is 13.2. The van der Waals surface area contributed by atoms with Gasteiger partial charge in [0.25, 0.3) is 0 Å². The maximum atomic E-state index is 12.6. The van der Waals surface area contributed by atoms with Gasteiger partial charge in [-0.15, -0.1) is 0 Å². The van der Waals surface area contributed by atoms with E-state index in [1.54, 1.807) is 26.2 Å². The smallest absolute Gasteiger partial charge is 0.243 e. The number of methoxy groups -OCH3 is 1. The van der Waals surface area contributed by atoms with Crippen molar-refractivity contribution in [1.29, 1.82) is 0 Å². The Labute approximate surface area is 121 Å². The van der Waals surface area contributed by atoms with Crippen molar-refractivity contribution >= 4 is 10.0 Å². The van der Waals surface area contributed by atoms with Gasteiger partial charge in [0, 0.05) is 19.7 Å². The lowest BCUT2D eigenvalue weighted by Gasteiger charge is -2.25. The summed E-state index contributed by atoms with van der Waals surface area (Å²) in [6.45, 7) is 5.97. The van der Waals surface area contributed by atoms with Gasteiger partial charge in [-0.3, -0.25) is 0 Å². The van der Waals surface area contributed by atoms with Gasteiger partial charge in [0.15, 0.2) is 0 Å². The van der Waals surface area contributed by atoms with Gasteiger partial charge in [0.05, 0.1) is 17.6 Å². The molecule has 0 heterocycles. The fraction of sp³-hybridized carbons (Fsp3) is 0.571. The molecule has 1 rings (SSSR count). The Balaban J connectivity index is 3.06. The van der Waals surface area contributed by atoms with Crippen molar-refractivity contribution < 1.29 is 18.3 Å². The number of benzene rings is 1. The number of nitrogens with zero attached hydrogens (tertiary/aromatic N) is 1. The SMILES string of the molecule is COCCN(C(C)C)S(=O)(=O)c1ccc(C(C)O)cc1. The number of ether oxygens (including phenoxy) is 1. The molecular formula is C14H23NO4S. The number of aliphatic hydroxyl groups is 1. The third-order valence-corrected chi connectivity index (χ3v) is 5.15. The van der Waals surface area contributed by atoms with Gasteiger partial charge in [0.2, 0.25) is 10.0 Å². The molecule has 0 radical (unpaired) electrons. The Morgan fingerprint density at radius 2 is 1.75 bits per heavy atom. The van der Waals surface area contributed by atoms with Gasteiger partial charge in [-0.25, -0.2) is 8.42 Å². The van der Waals surface area contributed by atoms with Crippen molar-refractivity contribution in [2.24, 2.45) is 0 Å². The Morgan fingerprint density at radius 3 is 2.15 bits per heavy atom. The zero-order valence-electron chi connectivity index (χ0n) is 12.4. The van der Waals surface area contributed by atoms with Crippen LogP contribution in [0.4, 0.5) is 0 Å². The molecule has 1 atom stereocenters. The van der Waals surface area contributed by atoms with E-state index in [1.165, 1.54) is 16.4 Å². The minimum atomic E-state index is -3.54. The summed E-state index contributed by atoms with van der Waals surface area (Å²) in [6.07, 6.45) is -0.610. The Bertz CT molecular complexity index is 508. The average Bonchev–Trinajstić information content (AvgIpc) is 2.38. The Hall–Kier alpha value is -0.950. The van der Waals surface area contributed by atoms with Crippen LogP contribution in [-0.4, -0.2) is 44.1 Å². The molecule has 114 valence electrons. The highest BCUT2D eigenvalue weighted by Crippen LogP contribution is 2.20. The first-order valence-corrected chi connectivity index (χ1v) is 8.03. The maximum absolute atomic E-state index is 12.6. The van der Waals surface area contributed by atoms with Gasteiger partial charge >= 0.3 is 0 Å². The van der Waals surface area contributed by atoms with Gasteiger partial charge in [-0.1, -0.05) is 12.1 Å². The second kappa shape index (κ2) is 7.17. The molecule has 1 aromatic carbocycles. The first kappa shape index (κ1) is 17.1. The lowest BCUT2D eigenvalue weighted by atomic mass is 10.1. The highest BCUT2D eigenvalue weighted by molar-refractivity contribution is 7.89. The summed E-state index contributed by atoms with van der Waals surface area (Å²) in [5.41, 5.74) is 0.692. The monoisotopic (exact) mass is 301 g/mol. The predicted molar refractivity (Wildman–Crippen MR) is 78.0 cm³/mol. The maximum Gasteiger partial charge on any atom is 0.243 e. The van der Waals surface area contributed by atoms with Crippen LogP contribution in [0.2, 0.25) is 0 Å². The van der Waals surface area contributed by atoms with Crippen LogP contribution in [0, 0.1) is 0 Å². The molecule has 0 aliphatic carbocycles. The highest BCUT2D eigenvalue weighted by atomic mass is 32.2. The lowest BCUT2D eigenvalue weighted by molar-refractivity contribution is 0.171. The van der Waals surface area contributed by atoms with E-state index in [1.807, 2.05) is 13.8 Å². The molecule has 0 spiro atoms. The number of sulfonamides is 1. The molecule has 0 saturated carbocycles. The van der Waals surface area contributed by atoms with Gasteiger partial charge in [-0.2, -0.15) is 4.31 Å². The van der Waals surface area contributed by atoms with Crippen LogP contribution in [0.1, 0.15) is 32.4 Å². The number of hydrogen-bond acceptors (Lipinski definition) is 4. The Morgan fingerprint density at radius 1 is 1.20 bits per heavy atom. The summed E-state index contributed by atoms with van der Waals surface area (Å²) >= 11 is 0. The molecule has 0 aliphatic heterocycles. The molecule has 5 nitrogen and oxygen atoms in total. The molecule has 0 aliphatic rings. The predicted octanol–water partition coefficient (Wildman–Crippen LogP) is 1.79. The van der Waals surface area contributed by atoms with Crippen LogP contribution in [-0.2, 0) is 14.8 Å². The van der Waals surface area contributed by atoms with Crippen LogP contribution in [0.5, 0.6) is 0 Å². The molecule has 1 unspecified atom stereocenters. The first-order valence-electron chi connectivity index (χ1n) is 6.59. The quantitative estimate of drug-likeness (QED) is 0.833. The van der Waals surface area contributed by atoms with Crippen LogP contribution in [0.25, 0.3) is 0 Å². The summed E-state index contributed by atoms with van der Waals surface area (Å²) in [7, 11) is -2.00. The number of hydrogen-bond donors (Lipinski definition) is 1. The van der Waals surface area contributed by atoms with Gasteiger partial charge < -0.3 is 9.84 Å². The standard InChI is InChI=1S/C14H23NO4S/c1-11(2)15(9-10-19-4)20(17,18)14-7-5-13(6-8-14)12(3)16/h5-8,11-12,16H,9-10H2,1-4H3. The van der Waals surface area contributed by atoms with Crippen molar-refractivity contribution in [1.82, 2.24) is 4.31 Å². The summed E-state index contributed by atoms with van der Waals surface area (Å²) < 4.78 is 31.5. The van der Waals surface area contributed by atoms with Crippen molar-refractivity contribution in [2.75, 3.05) is 20.3 Å². The van der Waals surface area contributed by atoms with Crippen molar-refractivity contribution in [3.8, 4) is 0 Å². The molecular weight excluding hydrogens is 278 g/mol. The van der Waals surface area contributed by atoms with E-state index in [0.717, 1.165) is 0 Å². The van der Waals surface area contributed by atoms with Crippen LogP contribution < -0.4 is 0 Å². The Kier molecular flexibility index (Phi) is 6.13. The number of rotatable bonds is 7. The molecule has 0 saturated heterocycles. The van der Waals surface area contributed by atoms with Gasteiger partial charge in [0.1, 0.15) is 0 Å². The molecule has 6 heteroatoms. The minimum absolute atomic E-state index is 0.147. The topological polar surface area (TPSA) is 66.8 Å². The van der Waals surface area contributed by atoms with Gasteiger partial charge in [-0.05, 0) is 38.5 Å². The molecule has 1 N–H and O–H groups in total. The minimum Gasteiger partial charge on any atom is -0.389 e. The number of aliphatic hydroxyl groups excluding tert-OH is 1. The third kappa shape index (κ3) is 4.02. The fourth-order valence-corrected chi connectivity index (χ4v) is 3.51. The summed E-state index contributed by atoms with van der Waals surface area (Å²) in [4.78, 5) is 0.228. The average molecular weight is 301 g/mol. The molecule has 0 amide bonds. The van der Waals surface area contributed by atoms with E-state index >= 15 is 0 Å². The van der Waals surface area contributed by atoms with E-state index in [9.17, 15) is 13.5 Å². The molecule has 0 bridgehead atoms. The molecule has 1 aromatic rings. The molecule has 0 aromatic heterocycles. The van der Waals surface area contributed by atoms with Crippen LogP contribution in [0.15, 0.2) is 29.2 Å². The summed E-state index contributed by atoms with van der Waals surface area (Å²) in [6, 6.07) is 6.17. The van der Waals surface area contributed by atoms with E-state index < -0.39 is 16.1 Å². The molecule has 0 fully saturated rings. The second-order valence-electron chi connectivity index (χ2n) is 4.95. The van der Waals surface area contributed by atoms with Crippen LogP contribution >= 0.6 is 0 Å². The van der Waals surface area contributed by atoms with Crippen LogP contribution in [0.3, 0.4) is 0 Å². The fourth-order valence-electron chi connectivity index (χ4n) is 1.89. The second-order valence-corrected chi connectivity index (χ2v) is 6.84. The highest BCUT2D eigenvalue weighted by Gasteiger charge is 2.26. The zero-order chi connectivity index (χ0) is 15.3. The summed E-state index contributed by atoms with van der Waals surface area (Å²) in [5.74, 6) is 0. The summed E-state index contributed by atoms with van der Waals surface area (Å²) in [5, 5.41) is 9.45. The lowest BCUT2D eigenvalue weighted by Crippen LogP contribution is -2.39.